The van der Waals surface area contributed by atoms with Gasteiger partial charge in [-0.15, -0.1) is 0 Å². The Morgan fingerprint density at radius 1 is 1.29 bits per heavy atom. The lowest BCUT2D eigenvalue weighted by Crippen LogP contribution is -2.25. The third-order valence-electron chi connectivity index (χ3n) is 3.28. The number of anilines is 1. The highest BCUT2D eigenvalue weighted by atomic mass is 16.3. The number of rotatable bonds is 6. The standard InChI is InChI=1S/C16H20N2O3/c1-18(2)14-5-3-12(4-6-14)16(20)17-9-7-15(19)13-8-10-21-11-13/h3-6,8,10-11,15,19H,7,9H2,1-2H3,(H,17,20). The number of amides is 1. The second-order valence-electron chi connectivity index (χ2n) is 5.06. The first-order valence-corrected chi connectivity index (χ1v) is 6.83. The molecule has 0 spiro atoms. The van der Waals surface area contributed by atoms with Gasteiger partial charge < -0.3 is 19.7 Å². The van der Waals surface area contributed by atoms with Crippen LogP contribution in [0.5, 0.6) is 0 Å². The number of hydrogen-bond acceptors (Lipinski definition) is 4. The summed E-state index contributed by atoms with van der Waals surface area (Å²) in [6.07, 6.45) is 2.84. The molecule has 1 amide bonds. The van der Waals surface area contributed by atoms with E-state index in [2.05, 4.69) is 5.32 Å². The van der Waals surface area contributed by atoms with E-state index in [0.29, 0.717) is 18.5 Å². The number of benzene rings is 1. The number of nitrogens with zero attached hydrogens (tertiary/aromatic N) is 1. The number of furan rings is 1. The average molecular weight is 288 g/mol. The monoisotopic (exact) mass is 288 g/mol. The molecule has 2 aromatic rings. The van der Waals surface area contributed by atoms with Crippen LogP contribution in [0.1, 0.15) is 28.4 Å². The smallest absolute Gasteiger partial charge is 0.251 e. The predicted molar refractivity (Wildman–Crippen MR) is 81.4 cm³/mol. The summed E-state index contributed by atoms with van der Waals surface area (Å²) in [7, 11) is 3.90. The van der Waals surface area contributed by atoms with E-state index < -0.39 is 6.10 Å². The van der Waals surface area contributed by atoms with Gasteiger partial charge in [-0.3, -0.25) is 4.79 Å². The summed E-state index contributed by atoms with van der Waals surface area (Å²) in [5, 5.41) is 12.7. The average Bonchev–Trinajstić information content (AvgIpc) is 3.01. The number of carbonyl (C=O) groups is 1. The Kier molecular flexibility index (Phi) is 5.00. The molecule has 1 heterocycles. The quantitative estimate of drug-likeness (QED) is 0.855. The van der Waals surface area contributed by atoms with Crippen LogP contribution in [0.4, 0.5) is 5.69 Å². The van der Waals surface area contributed by atoms with Crippen LogP contribution in [-0.4, -0.2) is 31.7 Å². The Bertz CT molecular complexity index is 562. The summed E-state index contributed by atoms with van der Waals surface area (Å²) in [4.78, 5) is 13.9. The summed E-state index contributed by atoms with van der Waals surface area (Å²) in [6.45, 7) is 0.403. The lowest BCUT2D eigenvalue weighted by Gasteiger charge is -2.13. The summed E-state index contributed by atoms with van der Waals surface area (Å²) < 4.78 is 4.91. The second kappa shape index (κ2) is 6.95. The second-order valence-corrected chi connectivity index (χ2v) is 5.06. The maximum absolute atomic E-state index is 12.0. The minimum Gasteiger partial charge on any atom is -0.472 e. The normalized spacial score (nSPS) is 12.0. The van der Waals surface area contributed by atoms with E-state index in [1.54, 1.807) is 18.2 Å². The minimum atomic E-state index is -0.625. The molecule has 5 nitrogen and oxygen atoms in total. The molecule has 2 N–H and O–H groups in total. The van der Waals surface area contributed by atoms with Crippen molar-refractivity contribution in [3.8, 4) is 0 Å². The van der Waals surface area contributed by atoms with Gasteiger partial charge in [-0.2, -0.15) is 0 Å². The summed E-state index contributed by atoms with van der Waals surface area (Å²) in [5.74, 6) is -0.139. The van der Waals surface area contributed by atoms with Crippen LogP contribution in [0, 0.1) is 0 Å². The van der Waals surface area contributed by atoms with Crippen molar-refractivity contribution in [1.82, 2.24) is 5.32 Å². The van der Waals surface area contributed by atoms with Gasteiger partial charge in [0, 0.05) is 37.5 Å². The fraction of sp³-hybridized carbons (Fsp3) is 0.312. The zero-order valence-corrected chi connectivity index (χ0v) is 12.2. The maximum atomic E-state index is 12.0. The first-order valence-electron chi connectivity index (χ1n) is 6.83. The van der Waals surface area contributed by atoms with Crippen LogP contribution in [0.3, 0.4) is 0 Å². The Balaban J connectivity index is 1.81. The van der Waals surface area contributed by atoms with Gasteiger partial charge in [0.1, 0.15) is 0 Å². The molecule has 0 aliphatic heterocycles. The van der Waals surface area contributed by atoms with Crippen molar-refractivity contribution in [2.45, 2.75) is 12.5 Å². The largest absolute Gasteiger partial charge is 0.472 e. The summed E-state index contributed by atoms with van der Waals surface area (Å²) >= 11 is 0. The van der Waals surface area contributed by atoms with E-state index >= 15 is 0 Å². The number of aliphatic hydroxyl groups is 1. The topological polar surface area (TPSA) is 65.7 Å². The molecule has 0 aliphatic rings. The molecule has 0 aliphatic carbocycles. The van der Waals surface area contributed by atoms with Crippen LogP contribution in [0.2, 0.25) is 0 Å². The molecule has 1 aromatic heterocycles. The Labute approximate surface area is 124 Å². The Morgan fingerprint density at radius 2 is 2.00 bits per heavy atom. The highest BCUT2D eigenvalue weighted by Crippen LogP contribution is 2.16. The first-order chi connectivity index (χ1) is 10.1. The van der Waals surface area contributed by atoms with Crippen molar-refractivity contribution in [2.75, 3.05) is 25.5 Å². The first kappa shape index (κ1) is 15.1. The Morgan fingerprint density at radius 3 is 2.57 bits per heavy atom. The number of nitrogens with one attached hydrogen (secondary N) is 1. The van der Waals surface area contributed by atoms with Crippen molar-refractivity contribution in [3.05, 3.63) is 54.0 Å². The molecule has 21 heavy (non-hydrogen) atoms. The van der Waals surface area contributed by atoms with E-state index in [1.165, 1.54) is 12.5 Å². The van der Waals surface area contributed by atoms with Crippen LogP contribution < -0.4 is 10.2 Å². The molecule has 1 aromatic carbocycles. The van der Waals surface area contributed by atoms with Crippen LogP contribution in [-0.2, 0) is 0 Å². The van der Waals surface area contributed by atoms with Gasteiger partial charge in [0.2, 0.25) is 0 Å². The molecule has 0 saturated heterocycles. The van der Waals surface area contributed by atoms with Crippen molar-refractivity contribution in [2.24, 2.45) is 0 Å². The molecule has 0 bridgehead atoms. The number of carbonyl (C=O) groups excluding carboxylic acids is 1. The van der Waals surface area contributed by atoms with Crippen molar-refractivity contribution >= 4 is 11.6 Å². The lowest BCUT2D eigenvalue weighted by atomic mass is 10.1. The molecule has 1 unspecified atom stereocenters. The fourth-order valence-electron chi connectivity index (χ4n) is 1.97. The van der Waals surface area contributed by atoms with Crippen LogP contribution in [0.25, 0.3) is 0 Å². The van der Waals surface area contributed by atoms with Gasteiger partial charge in [-0.25, -0.2) is 0 Å². The van der Waals surface area contributed by atoms with Gasteiger partial charge in [0.05, 0.1) is 18.6 Å². The van der Waals surface area contributed by atoms with Crippen molar-refractivity contribution < 1.29 is 14.3 Å². The third kappa shape index (κ3) is 4.10. The lowest BCUT2D eigenvalue weighted by molar-refractivity contribution is 0.0942. The van der Waals surface area contributed by atoms with E-state index in [9.17, 15) is 9.90 Å². The van der Waals surface area contributed by atoms with Crippen LogP contribution >= 0.6 is 0 Å². The fourth-order valence-corrected chi connectivity index (χ4v) is 1.97. The van der Waals surface area contributed by atoms with Gasteiger partial charge in [-0.1, -0.05) is 0 Å². The molecule has 5 heteroatoms. The summed E-state index contributed by atoms with van der Waals surface area (Å²) in [5.41, 5.74) is 2.37. The van der Waals surface area contributed by atoms with Gasteiger partial charge in [0.15, 0.2) is 0 Å². The molecule has 1 atom stereocenters. The van der Waals surface area contributed by atoms with E-state index in [1.807, 2.05) is 31.1 Å². The molecule has 0 radical (unpaired) electrons. The minimum absolute atomic E-state index is 0.139. The third-order valence-corrected chi connectivity index (χ3v) is 3.28. The van der Waals surface area contributed by atoms with Crippen molar-refractivity contribution in [1.29, 1.82) is 0 Å². The molecular formula is C16H20N2O3. The molecule has 0 saturated carbocycles. The highest BCUT2D eigenvalue weighted by molar-refractivity contribution is 5.94. The zero-order chi connectivity index (χ0) is 15.2. The molecule has 112 valence electrons. The highest BCUT2D eigenvalue weighted by Gasteiger charge is 2.10. The zero-order valence-electron chi connectivity index (χ0n) is 12.2. The predicted octanol–water partition coefficient (Wildman–Crippen LogP) is 2.20. The van der Waals surface area contributed by atoms with E-state index in [4.69, 9.17) is 4.42 Å². The van der Waals surface area contributed by atoms with Crippen LogP contribution in [0.15, 0.2) is 47.3 Å². The number of hydrogen-bond donors (Lipinski definition) is 2. The molecular weight excluding hydrogens is 268 g/mol. The van der Waals surface area contributed by atoms with E-state index in [-0.39, 0.29) is 5.91 Å². The van der Waals surface area contributed by atoms with Gasteiger partial charge >= 0.3 is 0 Å². The number of aliphatic hydroxyl groups excluding tert-OH is 1. The Hall–Kier alpha value is -2.27. The van der Waals surface area contributed by atoms with Gasteiger partial charge in [-0.05, 0) is 36.8 Å². The van der Waals surface area contributed by atoms with Crippen molar-refractivity contribution in [3.63, 3.8) is 0 Å². The van der Waals surface area contributed by atoms with E-state index in [0.717, 1.165) is 11.3 Å². The molecule has 2 rings (SSSR count). The molecule has 0 fully saturated rings. The summed E-state index contributed by atoms with van der Waals surface area (Å²) in [6, 6.07) is 9.09. The van der Waals surface area contributed by atoms with Gasteiger partial charge in [0.25, 0.3) is 5.91 Å². The maximum Gasteiger partial charge on any atom is 0.251 e. The SMILES string of the molecule is CN(C)c1ccc(C(=O)NCCC(O)c2ccoc2)cc1.